The third kappa shape index (κ3) is 4.36. The molecule has 0 aliphatic rings. The number of nitrogens with zero attached hydrogens (tertiary/aromatic N) is 2. The molecular weight excluding hydrogens is 312 g/mol. The highest BCUT2D eigenvalue weighted by Gasteiger charge is 2.12. The van der Waals surface area contributed by atoms with Crippen LogP contribution in [0.3, 0.4) is 0 Å². The number of rotatable bonds is 8. The number of methoxy groups -OCH3 is 1. The Morgan fingerprint density at radius 3 is 3.00 bits per heavy atom. The zero-order valence-corrected chi connectivity index (χ0v) is 13.3. The fraction of sp³-hybridized carbons (Fsp3) is 0.429. The van der Waals surface area contributed by atoms with Crippen molar-refractivity contribution in [1.82, 2.24) is 9.55 Å². The molecule has 0 saturated heterocycles. The van der Waals surface area contributed by atoms with Crippen molar-refractivity contribution in [3.05, 3.63) is 23.2 Å². The highest BCUT2D eigenvalue weighted by atomic mass is 35.5. The lowest BCUT2D eigenvalue weighted by atomic mass is 10.3. The molecule has 1 aromatic carbocycles. The second-order valence-corrected chi connectivity index (χ2v) is 5.94. The van der Waals surface area contributed by atoms with Gasteiger partial charge in [-0.1, -0.05) is 23.4 Å². The predicted octanol–water partition coefficient (Wildman–Crippen LogP) is 3.29. The summed E-state index contributed by atoms with van der Waals surface area (Å²) in [6.45, 7) is 1.50. The molecule has 5 nitrogen and oxygen atoms in total. The zero-order chi connectivity index (χ0) is 15.2. The number of benzene rings is 1. The van der Waals surface area contributed by atoms with E-state index in [0.29, 0.717) is 10.2 Å². The normalized spacial score (nSPS) is 11.1. The maximum Gasteiger partial charge on any atom is 0.313 e. The second-order valence-electron chi connectivity index (χ2n) is 4.56. The molecule has 21 heavy (non-hydrogen) atoms. The first-order valence-corrected chi connectivity index (χ1v) is 7.97. The fourth-order valence-electron chi connectivity index (χ4n) is 2.05. The lowest BCUT2D eigenvalue weighted by Gasteiger charge is -2.08. The topological polar surface area (TPSA) is 64.3 Å². The summed E-state index contributed by atoms with van der Waals surface area (Å²) in [6, 6.07) is 5.54. The van der Waals surface area contributed by atoms with Crippen LogP contribution in [0, 0.1) is 0 Å². The van der Waals surface area contributed by atoms with Gasteiger partial charge in [-0.15, -0.1) is 0 Å². The summed E-state index contributed by atoms with van der Waals surface area (Å²) < 4.78 is 7.10. The Labute approximate surface area is 132 Å². The van der Waals surface area contributed by atoms with Gasteiger partial charge in [-0.05, 0) is 31.0 Å². The molecule has 1 heterocycles. The minimum atomic E-state index is -0.851. The van der Waals surface area contributed by atoms with Crippen molar-refractivity contribution in [3.8, 4) is 0 Å². The van der Waals surface area contributed by atoms with E-state index in [-0.39, 0.29) is 5.75 Å². The highest BCUT2D eigenvalue weighted by molar-refractivity contribution is 7.99. The molecule has 2 aromatic rings. The summed E-state index contributed by atoms with van der Waals surface area (Å²) in [5.74, 6) is -0.856. The van der Waals surface area contributed by atoms with Crippen molar-refractivity contribution >= 4 is 40.4 Å². The molecule has 0 unspecified atom stereocenters. The molecule has 0 bridgehead atoms. The van der Waals surface area contributed by atoms with Crippen LogP contribution in [0.15, 0.2) is 23.4 Å². The van der Waals surface area contributed by atoms with E-state index in [0.717, 1.165) is 37.0 Å². The van der Waals surface area contributed by atoms with Gasteiger partial charge < -0.3 is 14.4 Å². The van der Waals surface area contributed by atoms with E-state index in [1.807, 2.05) is 12.1 Å². The van der Waals surface area contributed by atoms with Crippen molar-refractivity contribution in [2.75, 3.05) is 19.5 Å². The average molecular weight is 329 g/mol. The van der Waals surface area contributed by atoms with Gasteiger partial charge in [0.15, 0.2) is 5.16 Å². The van der Waals surface area contributed by atoms with Gasteiger partial charge >= 0.3 is 5.97 Å². The average Bonchev–Trinajstić information content (AvgIpc) is 2.78. The summed E-state index contributed by atoms with van der Waals surface area (Å²) in [4.78, 5) is 15.2. The number of thioether (sulfide) groups is 1. The van der Waals surface area contributed by atoms with Crippen molar-refractivity contribution < 1.29 is 14.6 Å². The van der Waals surface area contributed by atoms with E-state index >= 15 is 0 Å². The summed E-state index contributed by atoms with van der Waals surface area (Å²) in [5.41, 5.74) is 1.77. The maximum absolute atomic E-state index is 10.8. The van der Waals surface area contributed by atoms with Crippen LogP contribution in [0.1, 0.15) is 12.8 Å². The number of aromatic nitrogens is 2. The molecule has 1 aromatic heterocycles. The van der Waals surface area contributed by atoms with E-state index < -0.39 is 5.97 Å². The third-order valence-electron chi connectivity index (χ3n) is 2.98. The van der Waals surface area contributed by atoms with Gasteiger partial charge in [0.1, 0.15) is 0 Å². The molecule has 7 heteroatoms. The maximum atomic E-state index is 10.8. The Kier molecular flexibility index (Phi) is 5.90. The molecule has 0 aliphatic carbocycles. The van der Waals surface area contributed by atoms with Crippen LogP contribution in [0.5, 0.6) is 0 Å². The first kappa shape index (κ1) is 16.1. The number of ether oxygens (including phenoxy) is 1. The highest BCUT2D eigenvalue weighted by Crippen LogP contribution is 2.26. The van der Waals surface area contributed by atoms with E-state index in [2.05, 4.69) is 9.55 Å². The Bertz CT molecular complexity index is 630. The smallest absolute Gasteiger partial charge is 0.313 e. The van der Waals surface area contributed by atoms with Crippen LogP contribution in [0.4, 0.5) is 0 Å². The van der Waals surface area contributed by atoms with Gasteiger partial charge in [0.25, 0.3) is 0 Å². The van der Waals surface area contributed by atoms with Gasteiger partial charge in [0.2, 0.25) is 0 Å². The standard InChI is InChI=1S/C14H17ClN2O3S/c1-20-7-3-2-6-17-12-5-4-10(15)8-11(12)16-14(17)21-9-13(18)19/h4-5,8H,2-3,6-7,9H2,1H3,(H,18,19). The van der Waals surface area contributed by atoms with E-state index in [1.54, 1.807) is 13.2 Å². The van der Waals surface area contributed by atoms with Crippen LogP contribution in [0.2, 0.25) is 5.02 Å². The van der Waals surface area contributed by atoms with Gasteiger partial charge in [-0.25, -0.2) is 4.98 Å². The minimum Gasteiger partial charge on any atom is -0.481 e. The zero-order valence-electron chi connectivity index (χ0n) is 11.7. The van der Waals surface area contributed by atoms with E-state index in [9.17, 15) is 4.79 Å². The third-order valence-corrected chi connectivity index (χ3v) is 4.18. The van der Waals surface area contributed by atoms with Crippen molar-refractivity contribution in [2.45, 2.75) is 24.5 Å². The number of hydrogen-bond donors (Lipinski definition) is 1. The van der Waals surface area contributed by atoms with Gasteiger partial charge in [0, 0.05) is 25.3 Å². The van der Waals surface area contributed by atoms with Gasteiger partial charge in [-0.3, -0.25) is 4.79 Å². The molecule has 0 atom stereocenters. The van der Waals surface area contributed by atoms with Crippen LogP contribution in [-0.4, -0.2) is 40.1 Å². The molecule has 0 aliphatic heterocycles. The van der Waals surface area contributed by atoms with Crippen LogP contribution in [0.25, 0.3) is 11.0 Å². The molecule has 114 valence electrons. The summed E-state index contributed by atoms with van der Waals surface area (Å²) in [6.07, 6.45) is 1.90. The molecule has 0 spiro atoms. The molecule has 0 amide bonds. The number of carboxylic acid groups (broad SMARTS) is 1. The minimum absolute atomic E-state index is 0.00484. The largest absolute Gasteiger partial charge is 0.481 e. The predicted molar refractivity (Wildman–Crippen MR) is 84.2 cm³/mol. The number of halogens is 1. The Balaban J connectivity index is 2.23. The molecule has 0 radical (unpaired) electrons. The molecule has 0 fully saturated rings. The molecular formula is C14H17ClN2O3S. The number of imidazole rings is 1. The second kappa shape index (κ2) is 7.68. The molecule has 0 saturated carbocycles. The monoisotopic (exact) mass is 328 g/mol. The van der Waals surface area contributed by atoms with Crippen LogP contribution < -0.4 is 0 Å². The molecule has 1 N–H and O–H groups in total. The van der Waals surface area contributed by atoms with Crippen molar-refractivity contribution in [3.63, 3.8) is 0 Å². The van der Waals surface area contributed by atoms with Gasteiger partial charge in [-0.2, -0.15) is 0 Å². The first-order chi connectivity index (χ1) is 10.1. The van der Waals surface area contributed by atoms with Crippen molar-refractivity contribution in [2.24, 2.45) is 0 Å². The number of carbonyl (C=O) groups is 1. The van der Waals surface area contributed by atoms with Crippen molar-refractivity contribution in [1.29, 1.82) is 0 Å². The quantitative estimate of drug-likeness (QED) is 0.595. The number of unbranched alkanes of at least 4 members (excludes halogenated alkanes) is 1. The number of hydrogen-bond acceptors (Lipinski definition) is 4. The number of aryl methyl sites for hydroxylation is 1. The van der Waals surface area contributed by atoms with E-state index in [4.69, 9.17) is 21.4 Å². The SMILES string of the molecule is COCCCCn1c(SCC(=O)O)nc2cc(Cl)ccc21. The number of aliphatic carboxylic acids is 1. The number of carboxylic acids is 1. The van der Waals surface area contributed by atoms with Gasteiger partial charge in [0.05, 0.1) is 16.8 Å². The number of fused-ring (bicyclic) bond motifs is 1. The Morgan fingerprint density at radius 1 is 1.48 bits per heavy atom. The Hall–Kier alpha value is -1.24. The van der Waals surface area contributed by atoms with Crippen LogP contribution >= 0.6 is 23.4 Å². The van der Waals surface area contributed by atoms with E-state index in [1.165, 1.54) is 11.8 Å². The van der Waals surface area contributed by atoms with Crippen LogP contribution in [-0.2, 0) is 16.1 Å². The Morgan fingerprint density at radius 2 is 2.29 bits per heavy atom. The molecule has 2 rings (SSSR count). The first-order valence-electron chi connectivity index (χ1n) is 6.61. The summed E-state index contributed by atoms with van der Waals surface area (Å²) in [5, 5.41) is 10.2. The summed E-state index contributed by atoms with van der Waals surface area (Å²) in [7, 11) is 1.68. The fourth-order valence-corrected chi connectivity index (χ4v) is 2.98. The lowest BCUT2D eigenvalue weighted by molar-refractivity contribution is -0.133. The summed E-state index contributed by atoms with van der Waals surface area (Å²) >= 11 is 7.22. The lowest BCUT2D eigenvalue weighted by Crippen LogP contribution is -2.04.